The van der Waals surface area contributed by atoms with Gasteiger partial charge in [-0.05, 0) is 48.6 Å². The summed E-state index contributed by atoms with van der Waals surface area (Å²) in [5.74, 6) is -0.445. The van der Waals surface area contributed by atoms with Gasteiger partial charge in [0.1, 0.15) is 6.04 Å². The van der Waals surface area contributed by atoms with Crippen molar-refractivity contribution in [2.24, 2.45) is 0 Å². The van der Waals surface area contributed by atoms with E-state index in [2.05, 4.69) is 5.32 Å². The molecule has 0 radical (unpaired) electrons. The van der Waals surface area contributed by atoms with Crippen LogP contribution in [0.1, 0.15) is 35.1 Å². The number of likely N-dealkylation sites (N-methyl/N-ethyl adjacent to an activating group) is 1. The number of sulfonamides is 1. The van der Waals surface area contributed by atoms with Crippen LogP contribution in [-0.4, -0.2) is 51.0 Å². The summed E-state index contributed by atoms with van der Waals surface area (Å²) in [7, 11) is -1.98. The lowest BCUT2D eigenvalue weighted by Crippen LogP contribution is -2.49. The molecule has 3 rings (SSSR count). The van der Waals surface area contributed by atoms with Crippen molar-refractivity contribution >= 4 is 27.5 Å². The van der Waals surface area contributed by atoms with Gasteiger partial charge < -0.3 is 10.2 Å². The third-order valence-corrected chi connectivity index (χ3v) is 7.68. The Bertz CT molecular complexity index is 1330. The smallest absolute Gasteiger partial charge is 0.242 e. The number of nitrogens with one attached hydrogen (secondary N) is 1. The fourth-order valence-corrected chi connectivity index (χ4v) is 5.49. The first-order chi connectivity index (χ1) is 18.1. The van der Waals surface area contributed by atoms with E-state index in [0.717, 1.165) is 22.3 Å². The highest BCUT2D eigenvalue weighted by atomic mass is 32.2. The van der Waals surface area contributed by atoms with E-state index in [9.17, 15) is 18.0 Å². The van der Waals surface area contributed by atoms with Gasteiger partial charge in [0.25, 0.3) is 0 Å². The van der Waals surface area contributed by atoms with Crippen LogP contribution in [0.25, 0.3) is 0 Å². The van der Waals surface area contributed by atoms with Crippen LogP contribution >= 0.6 is 0 Å². The predicted molar refractivity (Wildman–Crippen MR) is 152 cm³/mol. The van der Waals surface area contributed by atoms with E-state index in [4.69, 9.17) is 0 Å². The van der Waals surface area contributed by atoms with Crippen molar-refractivity contribution in [2.45, 2.75) is 45.7 Å². The van der Waals surface area contributed by atoms with Gasteiger partial charge in [-0.2, -0.15) is 0 Å². The molecular formula is C30H37N3O4S. The molecule has 1 atom stereocenters. The minimum absolute atomic E-state index is 0.103. The first kappa shape index (κ1) is 28.9. The minimum atomic E-state index is -3.55. The Morgan fingerprint density at radius 1 is 0.895 bits per heavy atom. The summed E-state index contributed by atoms with van der Waals surface area (Å²) in [5, 5.41) is 2.71. The van der Waals surface area contributed by atoms with Gasteiger partial charge in [-0.15, -0.1) is 0 Å². The van der Waals surface area contributed by atoms with Gasteiger partial charge in [0.05, 0.1) is 11.9 Å². The van der Waals surface area contributed by atoms with Crippen LogP contribution in [-0.2, 0) is 32.6 Å². The number of hydrogen-bond donors (Lipinski definition) is 1. The maximum atomic E-state index is 13.7. The molecule has 0 heterocycles. The van der Waals surface area contributed by atoms with E-state index in [-0.39, 0.29) is 31.3 Å². The summed E-state index contributed by atoms with van der Waals surface area (Å²) < 4.78 is 26.7. The molecule has 2 amide bonds. The number of benzene rings is 3. The number of amides is 2. The Hall–Kier alpha value is -3.65. The Morgan fingerprint density at radius 2 is 1.50 bits per heavy atom. The van der Waals surface area contributed by atoms with Crippen LogP contribution in [0.4, 0.5) is 5.69 Å². The number of hydrogen-bond acceptors (Lipinski definition) is 4. The zero-order chi connectivity index (χ0) is 27.7. The molecule has 0 aliphatic carbocycles. The highest BCUT2D eigenvalue weighted by Crippen LogP contribution is 2.25. The topological polar surface area (TPSA) is 86.8 Å². The number of aryl methyl sites for hydroxylation is 2. The van der Waals surface area contributed by atoms with E-state index in [0.29, 0.717) is 18.5 Å². The number of carbonyl (C=O) groups is 2. The number of nitrogens with zero attached hydrogens (tertiary/aromatic N) is 2. The Kier molecular flexibility index (Phi) is 10.1. The van der Waals surface area contributed by atoms with Crippen molar-refractivity contribution in [3.8, 4) is 0 Å². The standard InChI is InChI=1S/C30H37N3O4S/c1-23-17-18-24(2)27(20-23)33(38(4,36)37)19-11-16-29(34)32(22-26-14-9-6-10-15-26)28(30(35)31-3)21-25-12-7-5-8-13-25/h5-10,12-15,17-18,20,28H,11,16,19,21-22H2,1-4H3,(H,31,35). The van der Waals surface area contributed by atoms with E-state index in [1.165, 1.54) is 10.6 Å². The minimum Gasteiger partial charge on any atom is -0.357 e. The first-order valence-electron chi connectivity index (χ1n) is 12.7. The lowest BCUT2D eigenvalue weighted by molar-refractivity contribution is -0.141. The molecule has 8 heteroatoms. The lowest BCUT2D eigenvalue weighted by Gasteiger charge is -2.31. The zero-order valence-electron chi connectivity index (χ0n) is 22.6. The van der Waals surface area contributed by atoms with Crippen LogP contribution in [0.2, 0.25) is 0 Å². The maximum Gasteiger partial charge on any atom is 0.242 e. The second-order valence-corrected chi connectivity index (χ2v) is 11.5. The molecule has 202 valence electrons. The SMILES string of the molecule is CNC(=O)C(Cc1ccccc1)N(Cc1ccccc1)C(=O)CCCN(c1cc(C)ccc1C)S(C)(=O)=O. The van der Waals surface area contributed by atoms with Crippen molar-refractivity contribution in [2.75, 3.05) is 24.2 Å². The Balaban J connectivity index is 1.84. The summed E-state index contributed by atoms with van der Waals surface area (Å²) in [5.41, 5.74) is 4.29. The van der Waals surface area contributed by atoms with Crippen molar-refractivity contribution < 1.29 is 18.0 Å². The Labute approximate surface area is 226 Å². The second kappa shape index (κ2) is 13.2. The molecule has 1 unspecified atom stereocenters. The van der Waals surface area contributed by atoms with Gasteiger partial charge in [-0.3, -0.25) is 13.9 Å². The summed E-state index contributed by atoms with van der Waals surface area (Å²) in [4.78, 5) is 28.3. The molecule has 3 aromatic carbocycles. The molecule has 7 nitrogen and oxygen atoms in total. The largest absolute Gasteiger partial charge is 0.357 e. The lowest BCUT2D eigenvalue weighted by atomic mass is 10.0. The van der Waals surface area contributed by atoms with E-state index in [1.807, 2.05) is 92.7 Å². The van der Waals surface area contributed by atoms with Crippen LogP contribution in [0.3, 0.4) is 0 Å². The average molecular weight is 536 g/mol. The highest BCUT2D eigenvalue weighted by molar-refractivity contribution is 7.92. The zero-order valence-corrected chi connectivity index (χ0v) is 23.4. The molecule has 0 spiro atoms. The van der Waals surface area contributed by atoms with E-state index in [1.54, 1.807) is 11.9 Å². The fraction of sp³-hybridized carbons (Fsp3) is 0.333. The number of rotatable bonds is 12. The molecule has 0 bridgehead atoms. The summed E-state index contributed by atoms with van der Waals surface area (Å²) in [6, 6.07) is 24.1. The molecule has 3 aromatic rings. The van der Waals surface area contributed by atoms with E-state index < -0.39 is 16.1 Å². The number of anilines is 1. The molecule has 0 fully saturated rings. The molecule has 38 heavy (non-hydrogen) atoms. The van der Waals surface area contributed by atoms with Gasteiger partial charge in [-0.1, -0.05) is 72.8 Å². The molecule has 1 N–H and O–H groups in total. The normalized spacial score (nSPS) is 12.0. The maximum absolute atomic E-state index is 13.7. The van der Waals surface area contributed by atoms with Gasteiger partial charge in [-0.25, -0.2) is 8.42 Å². The van der Waals surface area contributed by atoms with E-state index >= 15 is 0 Å². The van der Waals surface area contributed by atoms with Crippen LogP contribution in [0, 0.1) is 13.8 Å². The molecular weight excluding hydrogens is 498 g/mol. The van der Waals surface area contributed by atoms with Crippen molar-refractivity contribution in [3.05, 3.63) is 101 Å². The molecule has 0 saturated carbocycles. The van der Waals surface area contributed by atoms with Gasteiger partial charge in [0.15, 0.2) is 0 Å². The average Bonchev–Trinajstić information content (AvgIpc) is 2.90. The second-order valence-electron chi connectivity index (χ2n) is 9.56. The summed E-state index contributed by atoms with van der Waals surface area (Å²) in [6.07, 6.45) is 1.97. The third-order valence-electron chi connectivity index (χ3n) is 6.50. The monoisotopic (exact) mass is 535 g/mol. The van der Waals surface area contributed by atoms with Crippen molar-refractivity contribution in [1.29, 1.82) is 0 Å². The summed E-state index contributed by atoms with van der Waals surface area (Å²) in [6.45, 7) is 4.23. The first-order valence-corrected chi connectivity index (χ1v) is 14.6. The molecule has 0 aliphatic heterocycles. The van der Waals surface area contributed by atoms with Gasteiger partial charge >= 0.3 is 0 Å². The number of carbonyl (C=O) groups excluding carboxylic acids is 2. The van der Waals surface area contributed by atoms with Crippen LogP contribution < -0.4 is 9.62 Å². The van der Waals surface area contributed by atoms with Crippen molar-refractivity contribution in [3.63, 3.8) is 0 Å². The van der Waals surface area contributed by atoms with Crippen LogP contribution in [0.15, 0.2) is 78.9 Å². The highest BCUT2D eigenvalue weighted by Gasteiger charge is 2.30. The fourth-order valence-electron chi connectivity index (χ4n) is 4.47. The quantitative estimate of drug-likeness (QED) is 0.376. The molecule has 0 aromatic heterocycles. The molecule has 0 saturated heterocycles. The van der Waals surface area contributed by atoms with Crippen LogP contribution in [0.5, 0.6) is 0 Å². The predicted octanol–water partition coefficient (Wildman–Crippen LogP) is 4.24. The summed E-state index contributed by atoms with van der Waals surface area (Å²) >= 11 is 0. The van der Waals surface area contributed by atoms with Gasteiger partial charge in [0, 0.05) is 33.0 Å². The van der Waals surface area contributed by atoms with Crippen molar-refractivity contribution in [1.82, 2.24) is 10.2 Å². The van der Waals surface area contributed by atoms with Gasteiger partial charge in [0.2, 0.25) is 21.8 Å². The third kappa shape index (κ3) is 7.92. The molecule has 0 aliphatic rings. The Morgan fingerprint density at radius 3 is 2.08 bits per heavy atom.